The predicted octanol–water partition coefficient (Wildman–Crippen LogP) is -0.0786. The minimum absolute atomic E-state index is 0.157. The largest absolute Gasteiger partial charge is 0.392 e. The van der Waals surface area contributed by atoms with Crippen molar-refractivity contribution in [3.05, 3.63) is 0 Å². The Balaban J connectivity index is 2.20. The third-order valence-corrected chi connectivity index (χ3v) is 2.62. The van der Waals surface area contributed by atoms with Crippen LogP contribution in [-0.2, 0) is 4.79 Å². The fraction of sp³-hybridized carbons (Fsp3) is 0.900. The monoisotopic (exact) mass is 200 g/mol. The van der Waals surface area contributed by atoms with Crippen molar-refractivity contribution in [2.75, 3.05) is 33.7 Å². The van der Waals surface area contributed by atoms with E-state index in [0.29, 0.717) is 6.42 Å². The van der Waals surface area contributed by atoms with Crippen LogP contribution in [0, 0.1) is 0 Å². The number of aliphatic hydroxyl groups excluding tert-OH is 1. The molecular weight excluding hydrogens is 180 g/mol. The maximum absolute atomic E-state index is 11.3. The Morgan fingerprint density at radius 1 is 1.57 bits per heavy atom. The van der Waals surface area contributed by atoms with Crippen molar-refractivity contribution in [3.63, 3.8) is 0 Å². The summed E-state index contributed by atoms with van der Waals surface area (Å²) in [6.07, 6.45) is 2.30. The molecule has 1 aliphatic heterocycles. The van der Waals surface area contributed by atoms with E-state index in [1.807, 2.05) is 0 Å². The molecule has 1 saturated heterocycles. The normalized spacial score (nSPS) is 23.5. The van der Waals surface area contributed by atoms with Crippen molar-refractivity contribution >= 4 is 5.91 Å². The van der Waals surface area contributed by atoms with E-state index in [2.05, 4.69) is 4.90 Å². The molecule has 0 radical (unpaired) electrons. The number of amides is 1. The average molecular weight is 200 g/mol. The van der Waals surface area contributed by atoms with Crippen LogP contribution in [0.15, 0.2) is 0 Å². The van der Waals surface area contributed by atoms with Gasteiger partial charge < -0.3 is 14.9 Å². The SMILES string of the molecule is CN(C)C(=O)CCN1CCC[C@H](O)C1. The van der Waals surface area contributed by atoms with Gasteiger partial charge in [0.25, 0.3) is 0 Å². The van der Waals surface area contributed by atoms with Gasteiger partial charge in [-0.1, -0.05) is 0 Å². The number of hydrogen-bond acceptors (Lipinski definition) is 3. The molecule has 0 bridgehead atoms. The quantitative estimate of drug-likeness (QED) is 0.693. The minimum atomic E-state index is -0.196. The van der Waals surface area contributed by atoms with E-state index in [1.165, 1.54) is 0 Å². The number of carbonyl (C=O) groups excluding carboxylic acids is 1. The molecule has 4 nitrogen and oxygen atoms in total. The van der Waals surface area contributed by atoms with E-state index < -0.39 is 0 Å². The van der Waals surface area contributed by atoms with Gasteiger partial charge in [0.2, 0.25) is 5.91 Å². The molecule has 1 fully saturated rings. The molecule has 0 aromatic heterocycles. The second-order valence-electron chi connectivity index (χ2n) is 4.13. The maximum atomic E-state index is 11.3. The summed E-state index contributed by atoms with van der Waals surface area (Å²) in [5.41, 5.74) is 0. The Kier molecular flexibility index (Phi) is 4.35. The zero-order chi connectivity index (χ0) is 10.6. The summed E-state index contributed by atoms with van der Waals surface area (Å²) in [5, 5.41) is 9.42. The van der Waals surface area contributed by atoms with Gasteiger partial charge in [0.1, 0.15) is 0 Å². The maximum Gasteiger partial charge on any atom is 0.223 e. The first-order valence-corrected chi connectivity index (χ1v) is 5.20. The molecule has 14 heavy (non-hydrogen) atoms. The Hall–Kier alpha value is -0.610. The van der Waals surface area contributed by atoms with E-state index >= 15 is 0 Å². The molecular formula is C10H20N2O2. The molecule has 4 heteroatoms. The molecule has 0 saturated carbocycles. The van der Waals surface area contributed by atoms with Gasteiger partial charge in [-0.2, -0.15) is 0 Å². The Morgan fingerprint density at radius 3 is 2.86 bits per heavy atom. The molecule has 1 rings (SSSR count). The van der Waals surface area contributed by atoms with Crippen molar-refractivity contribution in [2.45, 2.75) is 25.4 Å². The van der Waals surface area contributed by atoms with Crippen LogP contribution >= 0.6 is 0 Å². The number of nitrogens with zero attached hydrogens (tertiary/aromatic N) is 2. The zero-order valence-electron chi connectivity index (χ0n) is 9.07. The van der Waals surface area contributed by atoms with Gasteiger partial charge in [-0.25, -0.2) is 0 Å². The highest BCUT2D eigenvalue weighted by Crippen LogP contribution is 2.09. The number of β-amino-alcohol motifs (C(OH)–C–C–N with tert-alkyl or cyclic N) is 1. The summed E-state index contributed by atoms with van der Waals surface area (Å²) in [5.74, 6) is 0.157. The third kappa shape index (κ3) is 3.64. The van der Waals surface area contributed by atoms with Crippen LogP contribution in [0.2, 0.25) is 0 Å². The van der Waals surface area contributed by atoms with Crippen LogP contribution in [0.4, 0.5) is 0 Å². The predicted molar refractivity (Wildman–Crippen MR) is 55.0 cm³/mol. The third-order valence-electron chi connectivity index (χ3n) is 2.62. The highest BCUT2D eigenvalue weighted by atomic mass is 16.3. The van der Waals surface area contributed by atoms with E-state index in [0.717, 1.165) is 32.5 Å². The molecule has 1 atom stereocenters. The van der Waals surface area contributed by atoms with Gasteiger partial charge in [0.05, 0.1) is 6.10 Å². The molecule has 1 heterocycles. The number of rotatable bonds is 3. The fourth-order valence-electron chi connectivity index (χ4n) is 1.71. The number of piperidine rings is 1. The number of hydrogen-bond donors (Lipinski definition) is 1. The second kappa shape index (κ2) is 5.32. The zero-order valence-corrected chi connectivity index (χ0v) is 9.07. The van der Waals surface area contributed by atoms with Crippen LogP contribution in [-0.4, -0.2) is 60.6 Å². The van der Waals surface area contributed by atoms with Gasteiger partial charge in [-0.05, 0) is 19.4 Å². The minimum Gasteiger partial charge on any atom is -0.392 e. The lowest BCUT2D eigenvalue weighted by Crippen LogP contribution is -2.40. The summed E-state index contributed by atoms with van der Waals surface area (Å²) in [6, 6.07) is 0. The first-order valence-electron chi connectivity index (χ1n) is 5.20. The van der Waals surface area contributed by atoms with Crippen molar-refractivity contribution in [3.8, 4) is 0 Å². The molecule has 1 N–H and O–H groups in total. The van der Waals surface area contributed by atoms with Gasteiger partial charge in [0, 0.05) is 33.6 Å². The number of likely N-dealkylation sites (tertiary alicyclic amines) is 1. The molecule has 0 aliphatic carbocycles. The summed E-state index contributed by atoms with van der Waals surface area (Å²) >= 11 is 0. The fourth-order valence-corrected chi connectivity index (χ4v) is 1.71. The van der Waals surface area contributed by atoms with Crippen molar-refractivity contribution in [2.24, 2.45) is 0 Å². The van der Waals surface area contributed by atoms with Gasteiger partial charge in [0.15, 0.2) is 0 Å². The first kappa shape index (κ1) is 11.5. The van der Waals surface area contributed by atoms with E-state index in [9.17, 15) is 9.90 Å². The Labute approximate surface area is 85.5 Å². The smallest absolute Gasteiger partial charge is 0.223 e. The highest BCUT2D eigenvalue weighted by molar-refractivity contribution is 5.75. The summed E-state index contributed by atoms with van der Waals surface area (Å²) in [4.78, 5) is 15.1. The summed E-state index contributed by atoms with van der Waals surface area (Å²) in [7, 11) is 3.54. The van der Waals surface area contributed by atoms with Crippen molar-refractivity contribution in [1.29, 1.82) is 0 Å². The molecule has 82 valence electrons. The van der Waals surface area contributed by atoms with E-state index in [-0.39, 0.29) is 12.0 Å². The average Bonchev–Trinajstić information content (AvgIpc) is 2.14. The topological polar surface area (TPSA) is 43.8 Å². The second-order valence-corrected chi connectivity index (χ2v) is 4.13. The van der Waals surface area contributed by atoms with Crippen LogP contribution in [0.25, 0.3) is 0 Å². The van der Waals surface area contributed by atoms with Gasteiger partial charge in [-0.15, -0.1) is 0 Å². The van der Waals surface area contributed by atoms with Gasteiger partial charge in [-0.3, -0.25) is 4.79 Å². The molecule has 0 spiro atoms. The molecule has 0 aromatic rings. The molecule has 1 amide bonds. The Morgan fingerprint density at radius 2 is 2.29 bits per heavy atom. The van der Waals surface area contributed by atoms with Crippen LogP contribution in [0.1, 0.15) is 19.3 Å². The Bertz CT molecular complexity index is 195. The van der Waals surface area contributed by atoms with Crippen LogP contribution in [0.5, 0.6) is 0 Å². The van der Waals surface area contributed by atoms with Gasteiger partial charge >= 0.3 is 0 Å². The first-order chi connectivity index (χ1) is 6.59. The number of aliphatic hydroxyl groups is 1. The van der Waals surface area contributed by atoms with Crippen LogP contribution in [0.3, 0.4) is 0 Å². The van der Waals surface area contributed by atoms with E-state index in [1.54, 1.807) is 19.0 Å². The standard InChI is InChI=1S/C10H20N2O2/c1-11(2)10(14)5-7-12-6-3-4-9(13)8-12/h9,13H,3-8H2,1-2H3/t9-/m0/s1. The summed E-state index contributed by atoms with van der Waals surface area (Å²) in [6.45, 7) is 2.51. The lowest BCUT2D eigenvalue weighted by atomic mass is 10.1. The molecule has 1 aliphatic rings. The lowest BCUT2D eigenvalue weighted by molar-refractivity contribution is -0.129. The molecule has 0 unspecified atom stereocenters. The van der Waals surface area contributed by atoms with Crippen LogP contribution < -0.4 is 0 Å². The van der Waals surface area contributed by atoms with Crippen molar-refractivity contribution < 1.29 is 9.90 Å². The lowest BCUT2D eigenvalue weighted by Gasteiger charge is -2.29. The van der Waals surface area contributed by atoms with Crippen molar-refractivity contribution in [1.82, 2.24) is 9.80 Å². The summed E-state index contributed by atoms with van der Waals surface area (Å²) < 4.78 is 0. The van der Waals surface area contributed by atoms with E-state index in [4.69, 9.17) is 0 Å². The number of carbonyl (C=O) groups is 1. The molecule has 0 aromatic carbocycles. The highest BCUT2D eigenvalue weighted by Gasteiger charge is 2.18.